The number of hydrogen-bond donors (Lipinski definition) is 2. The standard InChI is InChI=1S/C29H24N4O5/c1-20-10-2-5-13-23(20)28(34)31-25-15-7-6-14-24(25)29(35)32-30-18-21-11-4-9-17-27(21)38-19-22-12-3-8-16-26(22)33(36)37/h2-18H,19H2,1H3,(H,31,34)(H,32,35)/b30-18+. The molecule has 0 saturated heterocycles. The van der Waals surface area contributed by atoms with Gasteiger partial charge in [0.05, 0.1) is 28.0 Å². The minimum atomic E-state index is -0.514. The maximum absolute atomic E-state index is 12.9. The van der Waals surface area contributed by atoms with Gasteiger partial charge in [-0.15, -0.1) is 0 Å². The van der Waals surface area contributed by atoms with Gasteiger partial charge in [0.2, 0.25) is 0 Å². The van der Waals surface area contributed by atoms with Gasteiger partial charge in [-0.25, -0.2) is 5.43 Å². The predicted molar refractivity (Wildman–Crippen MR) is 145 cm³/mol. The molecule has 9 heteroatoms. The number of nitro benzene ring substituents is 1. The third-order valence-corrected chi connectivity index (χ3v) is 5.67. The van der Waals surface area contributed by atoms with Crippen molar-refractivity contribution in [2.75, 3.05) is 5.32 Å². The number of carbonyl (C=O) groups is 2. The number of anilines is 1. The van der Waals surface area contributed by atoms with Gasteiger partial charge in [0.25, 0.3) is 17.5 Å². The van der Waals surface area contributed by atoms with Gasteiger partial charge in [-0.05, 0) is 48.9 Å². The maximum Gasteiger partial charge on any atom is 0.276 e. The minimum absolute atomic E-state index is 0.0116. The Morgan fingerprint density at radius 2 is 1.53 bits per heavy atom. The van der Waals surface area contributed by atoms with E-state index in [1.807, 2.05) is 19.1 Å². The zero-order valence-electron chi connectivity index (χ0n) is 20.5. The largest absolute Gasteiger partial charge is 0.488 e. The van der Waals surface area contributed by atoms with Crippen molar-refractivity contribution in [3.05, 3.63) is 135 Å². The van der Waals surface area contributed by atoms with Crippen LogP contribution in [0.1, 0.15) is 37.4 Å². The second-order valence-corrected chi connectivity index (χ2v) is 8.23. The molecule has 2 amide bonds. The number of carbonyl (C=O) groups excluding carboxylic acids is 2. The van der Waals surface area contributed by atoms with Crippen LogP contribution in [0.2, 0.25) is 0 Å². The van der Waals surface area contributed by atoms with Gasteiger partial charge in [0.15, 0.2) is 0 Å². The van der Waals surface area contributed by atoms with E-state index < -0.39 is 10.8 Å². The molecule has 190 valence electrons. The monoisotopic (exact) mass is 508 g/mol. The fourth-order valence-corrected chi connectivity index (χ4v) is 3.71. The summed E-state index contributed by atoms with van der Waals surface area (Å²) in [5.74, 6) is -0.397. The van der Waals surface area contributed by atoms with Crippen molar-refractivity contribution >= 4 is 29.4 Å². The lowest BCUT2D eigenvalue weighted by atomic mass is 10.1. The molecule has 4 aromatic carbocycles. The van der Waals surface area contributed by atoms with Crippen molar-refractivity contribution in [3.8, 4) is 5.75 Å². The topological polar surface area (TPSA) is 123 Å². The summed E-state index contributed by atoms with van der Waals surface area (Å²) in [6.07, 6.45) is 1.42. The third kappa shape index (κ3) is 6.27. The Labute approximate surface area is 218 Å². The minimum Gasteiger partial charge on any atom is -0.488 e. The molecule has 0 atom stereocenters. The summed E-state index contributed by atoms with van der Waals surface area (Å²) in [7, 11) is 0. The lowest BCUT2D eigenvalue weighted by molar-refractivity contribution is -0.385. The number of nitrogens with one attached hydrogen (secondary N) is 2. The molecule has 0 saturated carbocycles. The first-order chi connectivity index (χ1) is 18.4. The lowest BCUT2D eigenvalue weighted by Gasteiger charge is -2.11. The molecular weight excluding hydrogens is 484 g/mol. The van der Waals surface area contributed by atoms with E-state index in [9.17, 15) is 19.7 Å². The van der Waals surface area contributed by atoms with E-state index in [1.165, 1.54) is 12.3 Å². The molecule has 0 aliphatic heterocycles. The predicted octanol–water partition coefficient (Wildman–Crippen LogP) is 5.50. The first-order valence-corrected chi connectivity index (χ1v) is 11.7. The Morgan fingerprint density at radius 3 is 2.32 bits per heavy atom. The molecule has 4 aromatic rings. The summed E-state index contributed by atoms with van der Waals surface area (Å²) in [5.41, 5.74) is 5.36. The van der Waals surface area contributed by atoms with Gasteiger partial charge in [0.1, 0.15) is 12.4 Å². The van der Waals surface area contributed by atoms with Crippen LogP contribution in [0.5, 0.6) is 5.75 Å². The second-order valence-electron chi connectivity index (χ2n) is 8.23. The molecule has 0 fully saturated rings. The normalized spacial score (nSPS) is 10.7. The van der Waals surface area contributed by atoms with Crippen molar-refractivity contribution in [3.63, 3.8) is 0 Å². The van der Waals surface area contributed by atoms with Crippen molar-refractivity contribution in [2.24, 2.45) is 5.10 Å². The van der Waals surface area contributed by atoms with E-state index in [0.29, 0.717) is 28.1 Å². The number of amides is 2. The van der Waals surface area contributed by atoms with Crippen molar-refractivity contribution in [1.82, 2.24) is 5.43 Å². The fourth-order valence-electron chi connectivity index (χ4n) is 3.71. The number of benzene rings is 4. The number of hydrogen-bond acceptors (Lipinski definition) is 6. The number of nitrogens with zero attached hydrogens (tertiary/aromatic N) is 2. The van der Waals surface area contributed by atoms with E-state index in [1.54, 1.807) is 78.9 Å². The molecular formula is C29H24N4O5. The maximum atomic E-state index is 12.9. The van der Waals surface area contributed by atoms with Gasteiger partial charge in [-0.3, -0.25) is 19.7 Å². The third-order valence-electron chi connectivity index (χ3n) is 5.67. The number of ether oxygens (including phenoxy) is 1. The van der Waals surface area contributed by atoms with Crippen molar-refractivity contribution in [2.45, 2.75) is 13.5 Å². The molecule has 2 N–H and O–H groups in total. The lowest BCUT2D eigenvalue weighted by Crippen LogP contribution is -2.21. The quantitative estimate of drug-likeness (QED) is 0.176. The number of aryl methyl sites for hydroxylation is 1. The SMILES string of the molecule is Cc1ccccc1C(=O)Nc1ccccc1C(=O)N/N=C/c1ccccc1OCc1ccccc1[N+](=O)[O-]. The average molecular weight is 509 g/mol. The highest BCUT2D eigenvalue weighted by atomic mass is 16.6. The highest BCUT2D eigenvalue weighted by Gasteiger charge is 2.15. The Balaban J connectivity index is 1.44. The Kier molecular flexibility index (Phi) is 8.20. The van der Waals surface area contributed by atoms with Crippen LogP contribution in [0.3, 0.4) is 0 Å². The van der Waals surface area contributed by atoms with Gasteiger partial charge in [-0.2, -0.15) is 5.10 Å². The fraction of sp³-hybridized carbons (Fsp3) is 0.0690. The Bertz CT molecular complexity index is 1520. The number of nitro groups is 1. The van der Waals surface area contributed by atoms with Crippen LogP contribution in [0.25, 0.3) is 0 Å². The van der Waals surface area contributed by atoms with Crippen LogP contribution in [0.15, 0.2) is 102 Å². The summed E-state index contributed by atoms with van der Waals surface area (Å²) >= 11 is 0. The molecule has 0 aromatic heterocycles. The van der Waals surface area contributed by atoms with E-state index in [4.69, 9.17) is 4.74 Å². The van der Waals surface area contributed by atoms with Crippen LogP contribution in [0.4, 0.5) is 11.4 Å². The van der Waals surface area contributed by atoms with E-state index in [0.717, 1.165) is 5.56 Å². The second kappa shape index (κ2) is 12.1. The molecule has 0 aliphatic carbocycles. The van der Waals surface area contributed by atoms with Crippen LogP contribution in [0, 0.1) is 17.0 Å². The zero-order valence-corrected chi connectivity index (χ0v) is 20.5. The molecule has 9 nitrogen and oxygen atoms in total. The molecule has 38 heavy (non-hydrogen) atoms. The molecule has 0 radical (unpaired) electrons. The van der Waals surface area contributed by atoms with Gasteiger partial charge >= 0.3 is 0 Å². The highest BCUT2D eigenvalue weighted by Crippen LogP contribution is 2.22. The van der Waals surface area contributed by atoms with Crippen LogP contribution in [-0.4, -0.2) is 23.0 Å². The molecule has 0 unspecified atom stereocenters. The summed E-state index contributed by atoms with van der Waals surface area (Å²) in [4.78, 5) is 36.4. The number of rotatable bonds is 9. The van der Waals surface area contributed by atoms with Gasteiger partial charge < -0.3 is 10.1 Å². The van der Waals surface area contributed by atoms with E-state index in [2.05, 4.69) is 15.8 Å². The summed E-state index contributed by atoms with van der Waals surface area (Å²) in [6, 6.07) is 27.1. The van der Waals surface area contributed by atoms with Crippen molar-refractivity contribution in [1.29, 1.82) is 0 Å². The van der Waals surface area contributed by atoms with Gasteiger partial charge in [0, 0.05) is 17.2 Å². The molecule has 0 aliphatic rings. The van der Waals surface area contributed by atoms with Crippen LogP contribution >= 0.6 is 0 Å². The number of hydrazone groups is 1. The first kappa shape index (κ1) is 25.8. The van der Waals surface area contributed by atoms with Crippen molar-refractivity contribution < 1.29 is 19.2 Å². The van der Waals surface area contributed by atoms with Crippen LogP contribution < -0.4 is 15.5 Å². The van der Waals surface area contributed by atoms with Crippen LogP contribution in [-0.2, 0) is 6.61 Å². The average Bonchev–Trinajstić information content (AvgIpc) is 2.93. The Hall–Kier alpha value is -5.31. The number of para-hydroxylation sites is 3. The summed E-state index contributed by atoms with van der Waals surface area (Å²) in [5, 5.41) is 18.1. The zero-order chi connectivity index (χ0) is 26.9. The first-order valence-electron chi connectivity index (χ1n) is 11.7. The molecule has 0 bridgehead atoms. The van der Waals surface area contributed by atoms with Gasteiger partial charge in [-0.1, -0.05) is 54.6 Å². The molecule has 4 rings (SSSR count). The smallest absolute Gasteiger partial charge is 0.276 e. The van der Waals surface area contributed by atoms with E-state index >= 15 is 0 Å². The molecule has 0 heterocycles. The highest BCUT2D eigenvalue weighted by molar-refractivity contribution is 6.09. The molecule has 0 spiro atoms. The Morgan fingerprint density at radius 1 is 0.868 bits per heavy atom. The summed E-state index contributed by atoms with van der Waals surface area (Å²) < 4.78 is 5.81. The van der Waals surface area contributed by atoms with E-state index in [-0.39, 0.29) is 23.8 Å². The summed E-state index contributed by atoms with van der Waals surface area (Å²) in [6.45, 7) is 1.83.